The van der Waals surface area contributed by atoms with Crippen LogP contribution in [-0.2, 0) is 0 Å². The number of fused-ring (bicyclic) bond motifs is 1. The molecule has 0 aliphatic carbocycles. The van der Waals surface area contributed by atoms with E-state index in [1.165, 1.54) is 23.0 Å². The zero-order valence-corrected chi connectivity index (χ0v) is 12.2. The molecule has 0 amide bonds. The lowest BCUT2D eigenvalue weighted by molar-refractivity contribution is 1.52. The van der Waals surface area contributed by atoms with Crippen LogP contribution in [-0.4, -0.2) is 6.26 Å². The summed E-state index contributed by atoms with van der Waals surface area (Å²) in [7, 11) is 0. The van der Waals surface area contributed by atoms with Crippen molar-refractivity contribution in [3.8, 4) is 0 Å². The van der Waals surface area contributed by atoms with Crippen LogP contribution in [0.1, 0.15) is 0 Å². The summed E-state index contributed by atoms with van der Waals surface area (Å²) < 4.78 is 3.88. The van der Waals surface area contributed by atoms with E-state index in [1.54, 1.807) is 23.1 Å². The molecule has 0 radical (unpaired) electrons. The van der Waals surface area contributed by atoms with Gasteiger partial charge in [-0.2, -0.15) is 0 Å². The van der Waals surface area contributed by atoms with Crippen molar-refractivity contribution < 1.29 is 0 Å². The van der Waals surface area contributed by atoms with Crippen LogP contribution in [0.15, 0.2) is 26.9 Å². The Kier molecular flexibility index (Phi) is 3.22. The second kappa shape index (κ2) is 4.08. The van der Waals surface area contributed by atoms with Gasteiger partial charge in [-0.1, -0.05) is 0 Å². The molecule has 0 saturated carbocycles. The molecular weight excluding hydrogens is 379 g/mol. The first kappa shape index (κ1) is 10.3. The zero-order valence-electron chi connectivity index (χ0n) is 6.80. The van der Waals surface area contributed by atoms with Crippen molar-refractivity contribution >= 4 is 71.7 Å². The number of rotatable bonds is 1. The fourth-order valence-corrected chi connectivity index (χ4v) is 4.34. The molecule has 0 spiro atoms. The molecule has 0 bridgehead atoms. The lowest BCUT2D eigenvalue weighted by Gasteiger charge is -2.03. The van der Waals surface area contributed by atoms with E-state index in [-0.39, 0.29) is 0 Å². The van der Waals surface area contributed by atoms with Gasteiger partial charge in [0.2, 0.25) is 0 Å². The smallest absolute Gasteiger partial charge is 0.0506 e. The van der Waals surface area contributed by atoms with E-state index in [9.17, 15) is 0 Å². The fraction of sp³-hybridized carbons (Fsp3) is 0.111. The Balaban J connectivity index is 2.87. The van der Waals surface area contributed by atoms with Gasteiger partial charge in [-0.05, 0) is 62.3 Å². The number of benzene rings is 1. The zero-order chi connectivity index (χ0) is 9.42. The molecule has 1 heterocycles. The molecule has 1 aromatic heterocycles. The molecule has 2 aromatic rings. The minimum absolute atomic E-state index is 1.23. The highest BCUT2D eigenvalue weighted by Gasteiger charge is 2.08. The molecule has 1 aromatic carbocycles. The van der Waals surface area contributed by atoms with Crippen molar-refractivity contribution in [3.63, 3.8) is 0 Å². The van der Waals surface area contributed by atoms with Crippen LogP contribution in [0.25, 0.3) is 10.1 Å². The Morgan fingerprint density at radius 1 is 1.54 bits per heavy atom. The number of thiophene rings is 1. The molecule has 13 heavy (non-hydrogen) atoms. The maximum Gasteiger partial charge on any atom is 0.0506 e. The lowest BCUT2D eigenvalue weighted by Crippen LogP contribution is -1.78. The van der Waals surface area contributed by atoms with Crippen LogP contribution in [0.4, 0.5) is 0 Å². The highest BCUT2D eigenvalue weighted by Crippen LogP contribution is 2.38. The Hall–Kier alpha value is 0.740. The second-order valence-electron chi connectivity index (χ2n) is 2.54. The molecule has 0 unspecified atom stereocenters. The SMILES string of the molecule is CSc1cc(I)c(Br)c2sccc12. The van der Waals surface area contributed by atoms with Crippen LogP contribution < -0.4 is 0 Å². The first-order valence-corrected chi connectivity index (χ1v) is 7.61. The first-order chi connectivity index (χ1) is 6.24. The van der Waals surface area contributed by atoms with E-state index in [0.717, 1.165) is 0 Å². The quantitative estimate of drug-likeness (QED) is 0.493. The Morgan fingerprint density at radius 3 is 3.00 bits per heavy atom. The van der Waals surface area contributed by atoms with E-state index < -0.39 is 0 Å². The van der Waals surface area contributed by atoms with Gasteiger partial charge in [0.15, 0.2) is 0 Å². The molecular formula is C9H6BrIS2. The average Bonchev–Trinajstić information content (AvgIpc) is 2.60. The van der Waals surface area contributed by atoms with E-state index in [2.05, 4.69) is 62.3 Å². The summed E-state index contributed by atoms with van der Waals surface area (Å²) in [6, 6.07) is 4.41. The number of thioether (sulfide) groups is 1. The van der Waals surface area contributed by atoms with Crippen LogP contribution in [0, 0.1) is 3.57 Å². The Morgan fingerprint density at radius 2 is 2.31 bits per heavy atom. The number of halogens is 2. The molecule has 0 aliphatic heterocycles. The van der Waals surface area contributed by atoms with Crippen LogP contribution in [0.5, 0.6) is 0 Å². The summed E-state index contributed by atoms with van der Waals surface area (Å²) in [4.78, 5) is 1.36. The molecule has 2 rings (SSSR count). The van der Waals surface area contributed by atoms with Gasteiger partial charge >= 0.3 is 0 Å². The monoisotopic (exact) mass is 384 g/mol. The third-order valence-electron chi connectivity index (χ3n) is 1.82. The highest BCUT2D eigenvalue weighted by molar-refractivity contribution is 14.1. The molecule has 0 N–H and O–H groups in total. The van der Waals surface area contributed by atoms with Crippen molar-refractivity contribution in [2.45, 2.75) is 4.90 Å². The average molecular weight is 385 g/mol. The number of hydrogen-bond acceptors (Lipinski definition) is 2. The van der Waals surface area contributed by atoms with Gasteiger partial charge in [0.1, 0.15) is 0 Å². The predicted octanol–water partition coefficient (Wildman–Crippen LogP) is 4.99. The predicted molar refractivity (Wildman–Crippen MR) is 74.0 cm³/mol. The maximum absolute atomic E-state index is 3.62. The van der Waals surface area contributed by atoms with Gasteiger partial charge in [-0.3, -0.25) is 0 Å². The third-order valence-corrected chi connectivity index (χ3v) is 6.21. The van der Waals surface area contributed by atoms with Crippen molar-refractivity contribution in [1.29, 1.82) is 0 Å². The Labute approximate surface area is 107 Å². The molecule has 68 valence electrons. The van der Waals surface area contributed by atoms with Gasteiger partial charge in [-0.15, -0.1) is 23.1 Å². The van der Waals surface area contributed by atoms with Gasteiger partial charge in [0.25, 0.3) is 0 Å². The molecule has 0 fully saturated rings. The normalized spacial score (nSPS) is 11.0. The van der Waals surface area contributed by atoms with E-state index in [4.69, 9.17) is 0 Å². The molecule has 0 aliphatic rings. The molecule has 0 atom stereocenters. The minimum atomic E-state index is 1.23. The van der Waals surface area contributed by atoms with E-state index in [1.807, 2.05) is 0 Å². The largest absolute Gasteiger partial charge is 0.143 e. The molecule has 4 heteroatoms. The van der Waals surface area contributed by atoms with Crippen molar-refractivity contribution in [2.75, 3.05) is 6.26 Å². The third kappa shape index (κ3) is 1.78. The van der Waals surface area contributed by atoms with Gasteiger partial charge in [0, 0.05) is 18.3 Å². The van der Waals surface area contributed by atoms with Crippen LogP contribution >= 0.6 is 61.6 Å². The van der Waals surface area contributed by atoms with Crippen molar-refractivity contribution in [3.05, 3.63) is 25.6 Å². The van der Waals surface area contributed by atoms with Crippen LogP contribution in [0.2, 0.25) is 0 Å². The standard InChI is InChI=1S/C9H6BrIS2/c1-12-7-4-6(11)8(10)9-5(7)2-3-13-9/h2-4H,1H3. The van der Waals surface area contributed by atoms with E-state index in [0.29, 0.717) is 0 Å². The Bertz CT molecular complexity index is 450. The summed E-state index contributed by atoms with van der Waals surface area (Å²) in [5.41, 5.74) is 0. The van der Waals surface area contributed by atoms with Crippen LogP contribution in [0.3, 0.4) is 0 Å². The summed E-state index contributed by atoms with van der Waals surface area (Å²) in [5.74, 6) is 0. The summed E-state index contributed by atoms with van der Waals surface area (Å²) in [5, 5.41) is 3.51. The van der Waals surface area contributed by atoms with Gasteiger partial charge in [-0.25, -0.2) is 0 Å². The van der Waals surface area contributed by atoms with Crippen molar-refractivity contribution in [2.24, 2.45) is 0 Å². The highest BCUT2D eigenvalue weighted by atomic mass is 127. The van der Waals surface area contributed by atoms with Gasteiger partial charge in [0.05, 0.1) is 4.70 Å². The topological polar surface area (TPSA) is 0 Å². The first-order valence-electron chi connectivity index (χ1n) is 3.63. The van der Waals surface area contributed by atoms with Crippen molar-refractivity contribution in [1.82, 2.24) is 0 Å². The van der Waals surface area contributed by atoms with Gasteiger partial charge < -0.3 is 0 Å². The number of hydrogen-bond donors (Lipinski definition) is 0. The minimum Gasteiger partial charge on any atom is -0.143 e. The fourth-order valence-electron chi connectivity index (χ4n) is 1.21. The molecule has 0 nitrogen and oxygen atoms in total. The maximum atomic E-state index is 3.62. The van der Waals surface area contributed by atoms with E-state index >= 15 is 0 Å². The summed E-state index contributed by atoms with van der Waals surface area (Å²) in [6.45, 7) is 0. The summed E-state index contributed by atoms with van der Waals surface area (Å²) >= 11 is 9.58. The second-order valence-corrected chi connectivity index (χ2v) is 6.26. The summed E-state index contributed by atoms with van der Waals surface area (Å²) in [6.07, 6.45) is 2.12. The molecule has 0 saturated heterocycles. The lowest BCUT2D eigenvalue weighted by atomic mass is 10.3.